The molecule has 3 heteroatoms. The van der Waals surface area contributed by atoms with Crippen molar-refractivity contribution in [1.82, 2.24) is 4.98 Å². The van der Waals surface area contributed by atoms with E-state index in [0.717, 1.165) is 12.1 Å². The van der Waals surface area contributed by atoms with Crippen molar-refractivity contribution in [2.24, 2.45) is 5.73 Å². The predicted octanol–water partition coefficient (Wildman–Crippen LogP) is 3.83. The summed E-state index contributed by atoms with van der Waals surface area (Å²) in [5.74, 6) is 0. The zero-order chi connectivity index (χ0) is 14.0. The minimum absolute atomic E-state index is 0.154. The number of nitrogens with two attached hydrogens (primary N) is 1. The first-order valence-electron chi connectivity index (χ1n) is 7.43. The second-order valence-corrected chi connectivity index (χ2v) is 6.87. The standard InChI is InChI=1S/C17H22N2S/c1-13-12-20-16(19-13)11-15(18)17(9-5-6-10-17)14-7-3-2-4-8-14/h2-4,7-8,12,15H,5-6,9-11,18H2,1H3. The third-order valence-corrected chi connectivity index (χ3v) is 5.60. The topological polar surface area (TPSA) is 38.9 Å². The molecule has 1 atom stereocenters. The second-order valence-electron chi connectivity index (χ2n) is 5.92. The highest BCUT2D eigenvalue weighted by molar-refractivity contribution is 7.09. The minimum atomic E-state index is 0.154. The molecule has 0 amide bonds. The van der Waals surface area contributed by atoms with Crippen molar-refractivity contribution in [2.45, 2.75) is 50.5 Å². The van der Waals surface area contributed by atoms with Crippen LogP contribution in [-0.2, 0) is 11.8 Å². The molecule has 1 aliphatic carbocycles. The van der Waals surface area contributed by atoms with Crippen molar-refractivity contribution in [3.63, 3.8) is 0 Å². The smallest absolute Gasteiger partial charge is 0.0943 e. The molecule has 3 rings (SSSR count). The van der Waals surface area contributed by atoms with Crippen LogP contribution < -0.4 is 5.73 Å². The Morgan fingerprint density at radius 3 is 2.55 bits per heavy atom. The highest BCUT2D eigenvalue weighted by Crippen LogP contribution is 2.44. The van der Waals surface area contributed by atoms with Gasteiger partial charge in [0.2, 0.25) is 0 Å². The Hall–Kier alpha value is -1.19. The number of nitrogens with zero attached hydrogens (tertiary/aromatic N) is 1. The summed E-state index contributed by atoms with van der Waals surface area (Å²) in [7, 11) is 0. The molecular formula is C17H22N2S. The van der Waals surface area contributed by atoms with Crippen LogP contribution in [0.4, 0.5) is 0 Å². The maximum Gasteiger partial charge on any atom is 0.0943 e. The lowest BCUT2D eigenvalue weighted by atomic mass is 9.72. The van der Waals surface area contributed by atoms with Gasteiger partial charge in [0.1, 0.15) is 0 Å². The predicted molar refractivity (Wildman–Crippen MR) is 85.1 cm³/mol. The summed E-state index contributed by atoms with van der Waals surface area (Å²) < 4.78 is 0. The van der Waals surface area contributed by atoms with Crippen LogP contribution in [0.2, 0.25) is 0 Å². The fraction of sp³-hybridized carbons (Fsp3) is 0.471. The van der Waals surface area contributed by atoms with E-state index in [1.165, 1.54) is 36.3 Å². The molecule has 0 radical (unpaired) electrons. The fourth-order valence-corrected chi connectivity index (χ4v) is 4.36. The first kappa shape index (κ1) is 13.8. The SMILES string of the molecule is Cc1csc(CC(N)C2(c3ccccc3)CCCC2)n1. The van der Waals surface area contributed by atoms with Gasteiger partial charge in [0.15, 0.2) is 0 Å². The fourth-order valence-electron chi connectivity index (χ4n) is 3.53. The van der Waals surface area contributed by atoms with E-state index >= 15 is 0 Å². The number of rotatable bonds is 4. The summed E-state index contributed by atoms with van der Waals surface area (Å²) in [5, 5.41) is 3.29. The second kappa shape index (κ2) is 5.66. The van der Waals surface area contributed by atoms with Gasteiger partial charge in [-0.3, -0.25) is 0 Å². The van der Waals surface area contributed by atoms with Gasteiger partial charge in [0.05, 0.1) is 5.01 Å². The first-order valence-corrected chi connectivity index (χ1v) is 8.31. The Kier molecular flexibility index (Phi) is 3.90. The molecule has 2 aromatic rings. The molecule has 1 heterocycles. The maximum atomic E-state index is 6.65. The molecule has 1 saturated carbocycles. The van der Waals surface area contributed by atoms with Crippen molar-refractivity contribution < 1.29 is 0 Å². The lowest BCUT2D eigenvalue weighted by molar-refractivity contribution is 0.347. The van der Waals surface area contributed by atoms with Gasteiger partial charge < -0.3 is 5.73 Å². The maximum absolute atomic E-state index is 6.65. The molecule has 106 valence electrons. The summed E-state index contributed by atoms with van der Waals surface area (Å²) in [4.78, 5) is 4.59. The summed E-state index contributed by atoms with van der Waals surface area (Å²) in [6.45, 7) is 2.05. The number of thiazole rings is 1. The average molecular weight is 286 g/mol. The number of benzene rings is 1. The zero-order valence-corrected chi connectivity index (χ0v) is 12.8. The van der Waals surface area contributed by atoms with E-state index in [9.17, 15) is 0 Å². The summed E-state index contributed by atoms with van der Waals surface area (Å²) in [5.41, 5.74) is 9.33. The van der Waals surface area contributed by atoms with Crippen molar-refractivity contribution in [1.29, 1.82) is 0 Å². The third-order valence-electron chi connectivity index (χ3n) is 4.62. The molecule has 0 saturated heterocycles. The van der Waals surface area contributed by atoms with Crippen LogP contribution in [0.3, 0.4) is 0 Å². The van der Waals surface area contributed by atoms with E-state index in [1.54, 1.807) is 11.3 Å². The van der Waals surface area contributed by atoms with Crippen LogP contribution in [0.5, 0.6) is 0 Å². The van der Waals surface area contributed by atoms with Gasteiger partial charge in [-0.2, -0.15) is 0 Å². The van der Waals surface area contributed by atoms with Gasteiger partial charge >= 0.3 is 0 Å². The lowest BCUT2D eigenvalue weighted by Gasteiger charge is -2.35. The van der Waals surface area contributed by atoms with E-state index in [4.69, 9.17) is 5.73 Å². The van der Waals surface area contributed by atoms with Crippen LogP contribution in [0.25, 0.3) is 0 Å². The van der Waals surface area contributed by atoms with E-state index < -0.39 is 0 Å². The highest BCUT2D eigenvalue weighted by Gasteiger charge is 2.41. The Morgan fingerprint density at radius 1 is 1.25 bits per heavy atom. The van der Waals surface area contributed by atoms with Crippen LogP contribution in [0, 0.1) is 6.92 Å². The molecule has 0 aliphatic heterocycles. The average Bonchev–Trinajstić information content (AvgIpc) is 3.10. The van der Waals surface area contributed by atoms with Crippen LogP contribution in [0.1, 0.15) is 41.9 Å². The van der Waals surface area contributed by atoms with Crippen molar-refractivity contribution in [3.05, 3.63) is 52.0 Å². The molecule has 1 aromatic heterocycles. The van der Waals surface area contributed by atoms with Crippen molar-refractivity contribution >= 4 is 11.3 Å². The molecule has 0 bridgehead atoms. The van der Waals surface area contributed by atoms with Gasteiger partial charge in [-0.05, 0) is 25.3 Å². The largest absolute Gasteiger partial charge is 0.327 e. The minimum Gasteiger partial charge on any atom is -0.327 e. The van der Waals surface area contributed by atoms with Crippen molar-refractivity contribution in [2.75, 3.05) is 0 Å². The van der Waals surface area contributed by atoms with Gasteiger partial charge in [-0.15, -0.1) is 11.3 Å². The molecular weight excluding hydrogens is 264 g/mol. The zero-order valence-electron chi connectivity index (χ0n) is 12.0. The summed E-state index contributed by atoms with van der Waals surface area (Å²) in [6.07, 6.45) is 5.90. The monoisotopic (exact) mass is 286 g/mol. The number of hydrogen-bond donors (Lipinski definition) is 1. The van der Waals surface area contributed by atoms with Gasteiger partial charge in [0.25, 0.3) is 0 Å². The summed E-state index contributed by atoms with van der Waals surface area (Å²) >= 11 is 1.74. The Balaban J connectivity index is 1.87. The van der Waals surface area contributed by atoms with E-state index in [1.807, 2.05) is 6.92 Å². The number of aromatic nitrogens is 1. The molecule has 2 nitrogen and oxygen atoms in total. The number of aryl methyl sites for hydroxylation is 1. The first-order chi connectivity index (χ1) is 9.71. The molecule has 2 N–H and O–H groups in total. The van der Waals surface area contributed by atoms with Gasteiger partial charge in [0, 0.05) is 29.0 Å². The molecule has 1 aromatic carbocycles. The van der Waals surface area contributed by atoms with E-state index in [-0.39, 0.29) is 11.5 Å². The highest BCUT2D eigenvalue weighted by atomic mass is 32.1. The molecule has 1 fully saturated rings. The van der Waals surface area contributed by atoms with Gasteiger partial charge in [-0.25, -0.2) is 4.98 Å². The normalized spacial score (nSPS) is 19.1. The van der Waals surface area contributed by atoms with Gasteiger partial charge in [-0.1, -0.05) is 43.2 Å². The van der Waals surface area contributed by atoms with E-state index in [0.29, 0.717) is 0 Å². The molecule has 1 aliphatic rings. The quantitative estimate of drug-likeness (QED) is 0.927. The molecule has 1 unspecified atom stereocenters. The Morgan fingerprint density at radius 2 is 1.95 bits per heavy atom. The molecule has 20 heavy (non-hydrogen) atoms. The lowest BCUT2D eigenvalue weighted by Crippen LogP contribution is -2.45. The van der Waals surface area contributed by atoms with Crippen LogP contribution in [0.15, 0.2) is 35.7 Å². The van der Waals surface area contributed by atoms with E-state index in [2.05, 4.69) is 40.7 Å². The summed E-state index contributed by atoms with van der Waals surface area (Å²) in [6, 6.07) is 11.0. The van der Waals surface area contributed by atoms with Crippen LogP contribution >= 0.6 is 11.3 Å². The number of hydrogen-bond acceptors (Lipinski definition) is 3. The van der Waals surface area contributed by atoms with Crippen molar-refractivity contribution in [3.8, 4) is 0 Å². The molecule has 0 spiro atoms. The third kappa shape index (κ3) is 2.52. The Labute approximate surface area is 125 Å². The van der Waals surface area contributed by atoms with Crippen LogP contribution in [-0.4, -0.2) is 11.0 Å². The Bertz CT molecular complexity index is 555.